The van der Waals surface area contributed by atoms with Crippen molar-refractivity contribution in [2.75, 3.05) is 39.5 Å². The summed E-state index contributed by atoms with van der Waals surface area (Å²) < 4.78 is 40.5. The maximum absolute atomic E-state index is 13.3. The molecule has 3 heterocycles. The van der Waals surface area contributed by atoms with Crippen molar-refractivity contribution in [1.29, 1.82) is 5.26 Å². The van der Waals surface area contributed by atoms with Gasteiger partial charge in [0.2, 0.25) is 10.0 Å². The molecule has 0 spiro atoms. The smallest absolute Gasteiger partial charge is 0.262 e. The number of hydrogen-bond acceptors (Lipinski definition) is 7. The highest BCUT2D eigenvalue weighted by Gasteiger charge is 2.27. The molecule has 10 nitrogen and oxygen atoms in total. The molecule has 3 aromatic rings. The van der Waals surface area contributed by atoms with Crippen molar-refractivity contribution < 1.29 is 22.7 Å². The second-order valence-electron chi connectivity index (χ2n) is 9.27. The van der Waals surface area contributed by atoms with Crippen LogP contribution in [-0.4, -0.2) is 74.0 Å². The Bertz CT molecular complexity index is 1500. The number of nitrogens with one attached hydrogen (secondary N) is 1. The molecule has 0 unspecified atom stereocenters. The number of aromatic nitrogens is 2. The Morgan fingerprint density at radius 1 is 1.13 bits per heavy atom. The van der Waals surface area contributed by atoms with Crippen molar-refractivity contribution in [3.8, 4) is 23.0 Å². The van der Waals surface area contributed by atoms with E-state index >= 15 is 0 Å². The third-order valence-corrected chi connectivity index (χ3v) is 8.55. The lowest BCUT2D eigenvalue weighted by Gasteiger charge is -2.26. The summed E-state index contributed by atoms with van der Waals surface area (Å²) in [6.45, 7) is 2.27. The van der Waals surface area contributed by atoms with Gasteiger partial charge >= 0.3 is 0 Å². The molecule has 0 radical (unpaired) electrons. The summed E-state index contributed by atoms with van der Waals surface area (Å²) in [5, 5.41) is 17.3. The minimum absolute atomic E-state index is 0.0542. The summed E-state index contributed by atoms with van der Waals surface area (Å²) >= 11 is 0. The highest BCUT2D eigenvalue weighted by atomic mass is 32.2. The predicted octanol–water partition coefficient (Wildman–Crippen LogP) is 2.76. The van der Waals surface area contributed by atoms with Crippen LogP contribution in [0.3, 0.4) is 0 Å². The van der Waals surface area contributed by atoms with Gasteiger partial charge in [0.15, 0.2) is 0 Å². The molecule has 0 saturated carbocycles. The molecule has 1 aromatic heterocycles. The van der Waals surface area contributed by atoms with Crippen LogP contribution >= 0.6 is 0 Å². The van der Waals surface area contributed by atoms with Gasteiger partial charge in [-0.1, -0.05) is 30.3 Å². The van der Waals surface area contributed by atoms with Crippen LogP contribution in [0, 0.1) is 11.3 Å². The lowest BCUT2D eigenvalue weighted by Crippen LogP contribution is -2.40. The van der Waals surface area contributed by atoms with Crippen molar-refractivity contribution in [3.05, 3.63) is 71.9 Å². The summed E-state index contributed by atoms with van der Waals surface area (Å²) in [5.41, 5.74) is 2.18. The number of ether oxygens (including phenoxy) is 2. The van der Waals surface area contributed by atoms with Crippen LogP contribution in [0.15, 0.2) is 71.3 Å². The van der Waals surface area contributed by atoms with Gasteiger partial charge in [0.25, 0.3) is 5.91 Å². The van der Waals surface area contributed by atoms with E-state index in [4.69, 9.17) is 14.6 Å². The van der Waals surface area contributed by atoms with Crippen LogP contribution < -0.4 is 5.32 Å². The summed E-state index contributed by atoms with van der Waals surface area (Å²) in [6.07, 6.45) is 4.96. The molecule has 1 N–H and O–H groups in total. The van der Waals surface area contributed by atoms with Crippen LogP contribution in [0.1, 0.15) is 18.4 Å². The van der Waals surface area contributed by atoms with Gasteiger partial charge < -0.3 is 14.8 Å². The van der Waals surface area contributed by atoms with Gasteiger partial charge in [-0.05, 0) is 43.2 Å². The van der Waals surface area contributed by atoms with Gasteiger partial charge in [-0.3, -0.25) is 4.79 Å². The van der Waals surface area contributed by atoms with Gasteiger partial charge in [-0.2, -0.15) is 14.7 Å². The zero-order chi connectivity index (χ0) is 27.2. The molecule has 1 amide bonds. The van der Waals surface area contributed by atoms with Crippen LogP contribution in [0.5, 0.6) is 0 Å². The Morgan fingerprint density at radius 3 is 2.64 bits per heavy atom. The second kappa shape index (κ2) is 11.9. The first-order chi connectivity index (χ1) is 19.0. The third kappa shape index (κ3) is 6.10. The zero-order valence-corrected chi connectivity index (χ0v) is 22.1. The highest BCUT2D eigenvalue weighted by molar-refractivity contribution is 7.89. The molecule has 2 fully saturated rings. The van der Waals surface area contributed by atoms with E-state index in [1.807, 2.05) is 36.4 Å². The number of sulfonamides is 1. The average molecular weight is 548 g/mol. The van der Waals surface area contributed by atoms with Crippen molar-refractivity contribution in [2.24, 2.45) is 0 Å². The van der Waals surface area contributed by atoms with Crippen molar-refractivity contribution in [3.63, 3.8) is 0 Å². The average Bonchev–Trinajstić information content (AvgIpc) is 3.66. The molecule has 202 valence electrons. The Morgan fingerprint density at radius 2 is 1.92 bits per heavy atom. The van der Waals surface area contributed by atoms with Crippen LogP contribution in [0.25, 0.3) is 23.0 Å². The van der Waals surface area contributed by atoms with Gasteiger partial charge in [0.1, 0.15) is 17.3 Å². The number of rotatable bonds is 8. The maximum Gasteiger partial charge on any atom is 0.262 e. The lowest BCUT2D eigenvalue weighted by atomic mass is 10.1. The molecular formula is C28H29N5O5S. The largest absolute Gasteiger partial charge is 0.379 e. The number of para-hydroxylation sites is 1. The van der Waals surface area contributed by atoms with E-state index in [-0.39, 0.29) is 29.7 Å². The molecule has 2 aliphatic rings. The Hall–Kier alpha value is -3.82. The van der Waals surface area contributed by atoms with Crippen molar-refractivity contribution in [2.45, 2.75) is 23.8 Å². The van der Waals surface area contributed by atoms with Crippen LogP contribution in [-0.2, 0) is 24.3 Å². The topological polar surface area (TPSA) is 127 Å². The number of hydrogen-bond donors (Lipinski definition) is 1. The summed E-state index contributed by atoms with van der Waals surface area (Å²) in [6, 6.07) is 17.9. The number of carbonyl (C=O) groups is 1. The number of nitriles is 1. The summed E-state index contributed by atoms with van der Waals surface area (Å²) in [4.78, 5) is 13.0. The molecule has 0 bridgehead atoms. The van der Waals surface area contributed by atoms with E-state index in [9.17, 15) is 18.5 Å². The van der Waals surface area contributed by atoms with Gasteiger partial charge in [-0.15, -0.1) is 0 Å². The molecule has 1 atom stereocenters. The fraction of sp³-hybridized carbons (Fsp3) is 0.321. The quantitative estimate of drug-likeness (QED) is 0.339. The first-order valence-corrected chi connectivity index (χ1v) is 14.2. The molecule has 39 heavy (non-hydrogen) atoms. The van der Waals surface area contributed by atoms with Gasteiger partial charge in [0.05, 0.1) is 29.9 Å². The SMILES string of the molecule is N#C/C(=C/c1cn(-c2ccccc2)nc1-c1cccc(S(=O)(=O)N2CCOCC2)c1)C(=O)NC[C@@H]1CCCO1. The van der Waals surface area contributed by atoms with E-state index < -0.39 is 15.9 Å². The fourth-order valence-electron chi connectivity index (χ4n) is 4.58. The standard InChI is InChI=1S/C28H29N5O5S/c29-18-22(28(34)30-19-25-9-5-13-38-25)16-23-20-33(24-7-2-1-3-8-24)31-27(23)21-6-4-10-26(17-21)39(35,36)32-11-14-37-15-12-32/h1-4,6-8,10,16-17,20,25H,5,9,11-15,19H2,(H,30,34)/b22-16-/t25-/m0/s1. The molecule has 11 heteroatoms. The normalized spacial score (nSPS) is 18.5. The Balaban J connectivity index is 1.51. The van der Waals surface area contributed by atoms with Gasteiger partial charge in [0, 0.05) is 43.6 Å². The van der Waals surface area contributed by atoms with E-state index in [2.05, 4.69) is 5.32 Å². The maximum atomic E-state index is 13.3. The van der Waals surface area contributed by atoms with Gasteiger partial charge in [-0.25, -0.2) is 13.1 Å². The highest BCUT2D eigenvalue weighted by Crippen LogP contribution is 2.29. The summed E-state index contributed by atoms with van der Waals surface area (Å²) in [5.74, 6) is -0.505. The minimum atomic E-state index is -3.73. The number of carbonyl (C=O) groups excluding carboxylic acids is 1. The predicted molar refractivity (Wildman–Crippen MR) is 144 cm³/mol. The molecule has 2 aliphatic heterocycles. The van der Waals surface area contributed by atoms with E-state index in [0.717, 1.165) is 18.5 Å². The number of morpholine rings is 1. The number of benzene rings is 2. The molecule has 2 aromatic carbocycles. The number of nitrogens with zero attached hydrogens (tertiary/aromatic N) is 4. The molecule has 5 rings (SSSR count). The first-order valence-electron chi connectivity index (χ1n) is 12.8. The van der Waals surface area contributed by atoms with Crippen LogP contribution in [0.4, 0.5) is 0 Å². The van der Waals surface area contributed by atoms with Crippen LogP contribution in [0.2, 0.25) is 0 Å². The Labute approximate surface area is 227 Å². The minimum Gasteiger partial charge on any atom is -0.379 e. The molecular weight excluding hydrogens is 518 g/mol. The van der Waals surface area contributed by atoms with E-state index in [1.165, 1.54) is 10.4 Å². The van der Waals surface area contributed by atoms with Crippen molar-refractivity contribution >= 4 is 22.0 Å². The van der Waals surface area contributed by atoms with Crippen molar-refractivity contribution in [1.82, 2.24) is 19.4 Å². The van der Waals surface area contributed by atoms with E-state index in [0.29, 0.717) is 43.2 Å². The fourth-order valence-corrected chi connectivity index (χ4v) is 6.04. The third-order valence-electron chi connectivity index (χ3n) is 6.66. The first kappa shape index (κ1) is 26.8. The lowest BCUT2D eigenvalue weighted by molar-refractivity contribution is -0.117. The number of amides is 1. The zero-order valence-electron chi connectivity index (χ0n) is 21.3. The molecule has 0 aliphatic carbocycles. The Kier molecular flexibility index (Phi) is 8.18. The molecule has 2 saturated heterocycles. The monoisotopic (exact) mass is 547 g/mol. The second-order valence-corrected chi connectivity index (χ2v) is 11.2. The van der Waals surface area contributed by atoms with E-state index in [1.54, 1.807) is 35.1 Å². The summed E-state index contributed by atoms with van der Waals surface area (Å²) in [7, 11) is -3.73.